The molecule has 0 aliphatic carbocycles. The molecule has 1 amide bonds. The van der Waals surface area contributed by atoms with Gasteiger partial charge < -0.3 is 14.6 Å². The van der Waals surface area contributed by atoms with Gasteiger partial charge in [0.1, 0.15) is 11.6 Å². The zero-order valence-corrected chi connectivity index (χ0v) is 15.3. The van der Waals surface area contributed by atoms with Crippen molar-refractivity contribution in [1.29, 1.82) is 0 Å². The number of nitrogens with zero attached hydrogens (tertiary/aromatic N) is 2. The Hall–Kier alpha value is -2.82. The van der Waals surface area contributed by atoms with Gasteiger partial charge in [-0.3, -0.25) is 4.79 Å². The van der Waals surface area contributed by atoms with Gasteiger partial charge in [0.15, 0.2) is 0 Å². The molecule has 136 valence electrons. The largest absolute Gasteiger partial charge is 0.494 e. The molecule has 0 radical (unpaired) electrons. The van der Waals surface area contributed by atoms with Gasteiger partial charge >= 0.3 is 0 Å². The number of nitrogens with one attached hydrogen (secondary N) is 1. The maximum absolute atomic E-state index is 10.8. The summed E-state index contributed by atoms with van der Waals surface area (Å²) in [5, 5.41) is 2.80. The van der Waals surface area contributed by atoms with Crippen molar-refractivity contribution in [2.75, 3.05) is 6.61 Å². The maximum atomic E-state index is 10.8. The number of para-hydroxylation sites is 2. The van der Waals surface area contributed by atoms with Crippen molar-refractivity contribution in [3.8, 4) is 5.75 Å². The number of fused-ring (bicyclic) bond motifs is 1. The van der Waals surface area contributed by atoms with E-state index in [4.69, 9.17) is 9.72 Å². The second kappa shape index (κ2) is 8.52. The van der Waals surface area contributed by atoms with E-state index in [0.717, 1.165) is 48.4 Å². The smallest absolute Gasteiger partial charge is 0.207 e. The highest BCUT2D eigenvalue weighted by atomic mass is 16.5. The SMILES string of the molecule is Cc1cccc(OCCCCn2c([C@H](C)NC=O)nc3ccccc32)c1. The topological polar surface area (TPSA) is 56.1 Å². The molecule has 1 atom stereocenters. The zero-order chi connectivity index (χ0) is 18.4. The molecule has 0 unspecified atom stereocenters. The maximum Gasteiger partial charge on any atom is 0.207 e. The van der Waals surface area contributed by atoms with Gasteiger partial charge in [-0.1, -0.05) is 24.3 Å². The van der Waals surface area contributed by atoms with E-state index in [9.17, 15) is 4.79 Å². The molecule has 0 saturated heterocycles. The zero-order valence-electron chi connectivity index (χ0n) is 15.3. The van der Waals surface area contributed by atoms with Crippen molar-refractivity contribution in [3.63, 3.8) is 0 Å². The van der Waals surface area contributed by atoms with Crippen molar-refractivity contribution in [2.24, 2.45) is 0 Å². The molecule has 3 aromatic rings. The first-order valence-electron chi connectivity index (χ1n) is 9.03. The fourth-order valence-electron chi connectivity index (χ4n) is 3.10. The van der Waals surface area contributed by atoms with Crippen LogP contribution >= 0.6 is 0 Å². The van der Waals surface area contributed by atoms with Crippen molar-refractivity contribution in [2.45, 2.75) is 39.3 Å². The summed E-state index contributed by atoms with van der Waals surface area (Å²) < 4.78 is 8.02. The van der Waals surface area contributed by atoms with E-state index < -0.39 is 0 Å². The van der Waals surface area contributed by atoms with Gasteiger partial charge in [-0.05, 0) is 56.5 Å². The Balaban J connectivity index is 1.62. The molecule has 1 heterocycles. The normalized spacial score (nSPS) is 12.1. The molecule has 0 saturated carbocycles. The van der Waals surface area contributed by atoms with E-state index in [0.29, 0.717) is 6.61 Å². The van der Waals surface area contributed by atoms with Crippen LogP contribution in [0.4, 0.5) is 0 Å². The summed E-state index contributed by atoms with van der Waals surface area (Å²) >= 11 is 0. The number of carbonyl (C=O) groups excluding carboxylic acids is 1. The Kier molecular flexibility index (Phi) is 5.89. The van der Waals surface area contributed by atoms with E-state index in [2.05, 4.69) is 28.9 Å². The number of rotatable bonds is 9. The molecule has 1 aromatic heterocycles. The van der Waals surface area contributed by atoms with Crippen LogP contribution in [0.5, 0.6) is 5.75 Å². The molecule has 1 N–H and O–H groups in total. The average molecular weight is 351 g/mol. The Morgan fingerprint density at radius 3 is 2.85 bits per heavy atom. The molecule has 0 bridgehead atoms. The molecule has 0 aliphatic rings. The lowest BCUT2D eigenvalue weighted by Gasteiger charge is -2.14. The summed E-state index contributed by atoms with van der Waals surface area (Å²) in [6.45, 7) is 5.55. The number of aryl methyl sites for hydroxylation is 2. The van der Waals surface area contributed by atoms with Crippen LogP contribution < -0.4 is 10.1 Å². The molecule has 3 rings (SSSR count). The molecular formula is C21H25N3O2. The highest BCUT2D eigenvalue weighted by molar-refractivity contribution is 5.76. The molecule has 0 spiro atoms. The van der Waals surface area contributed by atoms with Gasteiger partial charge in [0.05, 0.1) is 23.7 Å². The number of benzene rings is 2. The van der Waals surface area contributed by atoms with Crippen LogP contribution in [-0.4, -0.2) is 22.6 Å². The van der Waals surface area contributed by atoms with Crippen LogP contribution in [0.15, 0.2) is 48.5 Å². The molecule has 2 aromatic carbocycles. The summed E-state index contributed by atoms with van der Waals surface area (Å²) in [4.78, 5) is 15.5. The van der Waals surface area contributed by atoms with Crippen LogP contribution in [0.1, 0.15) is 37.2 Å². The minimum atomic E-state index is -0.122. The first kappa shape index (κ1) is 18.0. The number of hydrogen-bond acceptors (Lipinski definition) is 3. The Bertz CT molecular complexity index is 873. The second-order valence-corrected chi connectivity index (χ2v) is 6.49. The Morgan fingerprint density at radius 2 is 2.04 bits per heavy atom. The standard InChI is InChI=1S/C21H25N3O2/c1-16-8-7-9-18(14-16)26-13-6-5-12-24-20-11-4-3-10-19(20)23-21(24)17(2)22-15-25/h3-4,7-11,14-15,17H,5-6,12-13H2,1-2H3,(H,22,25)/t17-/m0/s1. The average Bonchev–Trinajstić information content (AvgIpc) is 3.01. The third-order valence-corrected chi connectivity index (χ3v) is 4.42. The monoisotopic (exact) mass is 351 g/mol. The third kappa shape index (κ3) is 4.23. The summed E-state index contributed by atoms with van der Waals surface area (Å²) in [5.41, 5.74) is 3.26. The van der Waals surface area contributed by atoms with E-state index in [1.54, 1.807) is 0 Å². The number of carbonyl (C=O) groups is 1. The van der Waals surface area contributed by atoms with Gasteiger partial charge in [-0.15, -0.1) is 0 Å². The van der Waals surface area contributed by atoms with Crippen molar-refractivity contribution >= 4 is 17.4 Å². The summed E-state index contributed by atoms with van der Waals surface area (Å²) in [7, 11) is 0. The van der Waals surface area contributed by atoms with Crippen molar-refractivity contribution in [1.82, 2.24) is 14.9 Å². The first-order chi connectivity index (χ1) is 12.7. The van der Waals surface area contributed by atoms with E-state index in [1.807, 2.05) is 43.3 Å². The molecule has 26 heavy (non-hydrogen) atoms. The van der Waals surface area contributed by atoms with Crippen LogP contribution in [0.3, 0.4) is 0 Å². The summed E-state index contributed by atoms with van der Waals surface area (Å²) in [5.74, 6) is 1.81. The quantitative estimate of drug-likeness (QED) is 0.468. The van der Waals surface area contributed by atoms with Gasteiger partial charge in [0.2, 0.25) is 6.41 Å². The highest BCUT2D eigenvalue weighted by Crippen LogP contribution is 2.21. The molecule has 5 nitrogen and oxygen atoms in total. The van der Waals surface area contributed by atoms with Gasteiger partial charge in [-0.25, -0.2) is 4.98 Å². The number of hydrogen-bond donors (Lipinski definition) is 1. The highest BCUT2D eigenvalue weighted by Gasteiger charge is 2.15. The van der Waals surface area contributed by atoms with Gasteiger partial charge in [-0.2, -0.15) is 0 Å². The lowest BCUT2D eigenvalue weighted by Crippen LogP contribution is -2.20. The molecule has 5 heteroatoms. The number of amides is 1. The number of unbranched alkanes of at least 4 members (excludes halogenated alkanes) is 1. The minimum absolute atomic E-state index is 0.122. The fourth-order valence-corrected chi connectivity index (χ4v) is 3.10. The lowest BCUT2D eigenvalue weighted by atomic mass is 10.2. The van der Waals surface area contributed by atoms with Gasteiger partial charge in [0.25, 0.3) is 0 Å². The molecular weight excluding hydrogens is 326 g/mol. The first-order valence-corrected chi connectivity index (χ1v) is 9.03. The lowest BCUT2D eigenvalue weighted by molar-refractivity contribution is -0.110. The van der Waals surface area contributed by atoms with E-state index >= 15 is 0 Å². The predicted octanol–water partition coefficient (Wildman–Crippen LogP) is 4.01. The van der Waals surface area contributed by atoms with Crippen LogP contribution in [0.25, 0.3) is 11.0 Å². The molecule has 0 fully saturated rings. The number of ether oxygens (including phenoxy) is 1. The van der Waals surface area contributed by atoms with Crippen LogP contribution in [0, 0.1) is 6.92 Å². The molecule has 0 aliphatic heterocycles. The number of imidazole rings is 1. The number of aromatic nitrogens is 2. The summed E-state index contributed by atoms with van der Waals surface area (Å²) in [6.07, 6.45) is 2.66. The second-order valence-electron chi connectivity index (χ2n) is 6.49. The Labute approximate surface area is 154 Å². The van der Waals surface area contributed by atoms with Gasteiger partial charge in [0, 0.05) is 6.54 Å². The predicted molar refractivity (Wildman–Crippen MR) is 103 cm³/mol. The Morgan fingerprint density at radius 1 is 1.19 bits per heavy atom. The van der Waals surface area contributed by atoms with E-state index in [-0.39, 0.29) is 6.04 Å². The van der Waals surface area contributed by atoms with Crippen LogP contribution in [-0.2, 0) is 11.3 Å². The fraction of sp³-hybridized carbons (Fsp3) is 0.333. The van der Waals surface area contributed by atoms with Crippen molar-refractivity contribution < 1.29 is 9.53 Å². The minimum Gasteiger partial charge on any atom is -0.494 e. The van der Waals surface area contributed by atoms with Crippen LogP contribution in [0.2, 0.25) is 0 Å². The van der Waals surface area contributed by atoms with Crippen molar-refractivity contribution in [3.05, 3.63) is 59.9 Å². The third-order valence-electron chi connectivity index (χ3n) is 4.42. The summed E-state index contributed by atoms with van der Waals surface area (Å²) in [6, 6.07) is 16.1. The van der Waals surface area contributed by atoms with E-state index in [1.165, 1.54) is 5.56 Å².